The maximum absolute atomic E-state index is 13.7. The molecule has 0 aromatic heterocycles. The zero-order chi connectivity index (χ0) is 25.3. The Morgan fingerprint density at radius 1 is 1.14 bits per heavy atom. The van der Waals surface area contributed by atoms with Crippen molar-refractivity contribution < 1.29 is 9.59 Å². The molecule has 2 aromatic carbocycles. The molecule has 0 saturated carbocycles. The minimum Gasteiger partial charge on any atom is -0.346 e. The first-order valence-corrected chi connectivity index (χ1v) is 12.8. The minimum atomic E-state index is -0.438. The molecule has 2 aromatic rings. The molecule has 1 N–H and O–H groups in total. The van der Waals surface area contributed by atoms with Crippen LogP contribution in [0.5, 0.6) is 0 Å². The van der Waals surface area contributed by atoms with Crippen LogP contribution in [0.15, 0.2) is 69.8 Å². The number of fused-ring (bicyclic) bond motifs is 1. The van der Waals surface area contributed by atoms with Crippen molar-refractivity contribution in [3.05, 3.63) is 86.6 Å². The van der Waals surface area contributed by atoms with Gasteiger partial charge in [-0.15, -0.1) is 0 Å². The first-order valence-electron chi connectivity index (χ1n) is 11.5. The molecule has 0 bridgehead atoms. The van der Waals surface area contributed by atoms with Gasteiger partial charge in [0.15, 0.2) is 5.17 Å². The van der Waals surface area contributed by atoms with Gasteiger partial charge in [-0.3, -0.25) is 9.59 Å². The first-order chi connectivity index (χ1) is 16.7. The van der Waals surface area contributed by atoms with Crippen molar-refractivity contribution in [3.8, 4) is 0 Å². The number of nitrogens with zero attached hydrogens (tertiary/aromatic N) is 3. The number of aryl methyl sites for hydroxylation is 2. The fourth-order valence-electron chi connectivity index (χ4n) is 4.23. The summed E-state index contributed by atoms with van der Waals surface area (Å²) in [5.41, 5.74) is 5.80. The van der Waals surface area contributed by atoms with E-state index in [1.54, 1.807) is 11.9 Å². The highest BCUT2D eigenvalue weighted by atomic mass is 35.5. The lowest BCUT2D eigenvalue weighted by atomic mass is 9.93. The van der Waals surface area contributed by atoms with Crippen molar-refractivity contribution in [1.29, 1.82) is 0 Å². The molecule has 1 atom stereocenters. The minimum absolute atomic E-state index is 0.0167. The number of amides is 2. The molecular formula is C27H29ClN4O2S. The number of carbonyl (C=O) groups excluding carboxylic acids is 2. The van der Waals surface area contributed by atoms with Crippen molar-refractivity contribution >= 4 is 46.0 Å². The lowest BCUT2D eigenvalue weighted by Crippen LogP contribution is -2.39. The van der Waals surface area contributed by atoms with E-state index < -0.39 is 6.04 Å². The molecule has 2 amide bonds. The topological polar surface area (TPSA) is 65.0 Å². The predicted octanol–water partition coefficient (Wildman–Crippen LogP) is 6.04. The Labute approximate surface area is 215 Å². The summed E-state index contributed by atoms with van der Waals surface area (Å²) in [7, 11) is 1.79. The molecule has 2 aliphatic rings. The number of nitrogens with one attached hydrogen (secondary N) is 1. The van der Waals surface area contributed by atoms with Gasteiger partial charge in [-0.1, -0.05) is 53.2 Å². The smallest absolute Gasteiger partial charge is 0.255 e. The van der Waals surface area contributed by atoms with Gasteiger partial charge in [-0.2, -0.15) is 0 Å². The monoisotopic (exact) mass is 508 g/mol. The summed E-state index contributed by atoms with van der Waals surface area (Å²) in [6, 6.07) is 13.0. The summed E-state index contributed by atoms with van der Waals surface area (Å²) in [5.74, 6) is -0.200. The predicted molar refractivity (Wildman–Crippen MR) is 144 cm³/mol. The fraction of sp³-hybridized carbons (Fsp3) is 0.296. The van der Waals surface area contributed by atoms with E-state index in [4.69, 9.17) is 16.6 Å². The van der Waals surface area contributed by atoms with E-state index in [2.05, 4.69) is 5.32 Å². The number of amidine groups is 1. The fourth-order valence-corrected chi connectivity index (χ4v) is 5.32. The van der Waals surface area contributed by atoms with Gasteiger partial charge < -0.3 is 15.1 Å². The average Bonchev–Trinajstić information content (AvgIpc) is 3.21. The Balaban J connectivity index is 1.75. The lowest BCUT2D eigenvalue weighted by Gasteiger charge is -2.37. The van der Waals surface area contributed by atoms with E-state index in [1.165, 1.54) is 11.8 Å². The number of carbonyl (C=O) groups is 2. The molecule has 4 rings (SSSR count). The summed E-state index contributed by atoms with van der Waals surface area (Å²) in [4.78, 5) is 35.0. The maximum atomic E-state index is 13.7. The molecule has 2 aliphatic heterocycles. The highest BCUT2D eigenvalue weighted by Crippen LogP contribution is 2.45. The molecule has 182 valence electrons. The average molecular weight is 509 g/mol. The Morgan fingerprint density at radius 2 is 1.86 bits per heavy atom. The molecule has 35 heavy (non-hydrogen) atoms. The van der Waals surface area contributed by atoms with Gasteiger partial charge >= 0.3 is 0 Å². The van der Waals surface area contributed by atoms with Crippen molar-refractivity contribution in [3.63, 3.8) is 0 Å². The Kier molecular flexibility index (Phi) is 7.38. The largest absolute Gasteiger partial charge is 0.346 e. The zero-order valence-corrected chi connectivity index (χ0v) is 22.1. The van der Waals surface area contributed by atoms with Crippen LogP contribution < -0.4 is 5.32 Å². The number of benzene rings is 2. The van der Waals surface area contributed by atoms with Gasteiger partial charge in [0.25, 0.3) is 5.91 Å². The number of rotatable bonds is 6. The molecule has 0 saturated heterocycles. The first kappa shape index (κ1) is 25.1. The Bertz CT molecular complexity index is 1270. The molecule has 8 heteroatoms. The van der Waals surface area contributed by atoms with Crippen LogP contribution in [0.3, 0.4) is 0 Å². The van der Waals surface area contributed by atoms with Crippen LogP contribution in [-0.2, 0) is 9.59 Å². The van der Waals surface area contributed by atoms with E-state index in [0.717, 1.165) is 33.2 Å². The SMILES string of the molecule is CCN(C)C(=O)CC1=CSC2=NC(C)=C(C(=O)Nc3ccc(C)cc3C)[C@@H](c3ccc(Cl)cc3)N12. The summed E-state index contributed by atoms with van der Waals surface area (Å²) in [6.07, 6.45) is 0.228. The number of anilines is 1. The van der Waals surface area contributed by atoms with Crippen LogP contribution in [0.1, 0.15) is 43.0 Å². The number of thioether (sulfide) groups is 1. The molecular weight excluding hydrogens is 480 g/mol. The summed E-state index contributed by atoms with van der Waals surface area (Å²) in [5, 5.41) is 6.43. The molecule has 0 unspecified atom stereocenters. The van der Waals surface area contributed by atoms with Crippen LogP contribution >= 0.6 is 23.4 Å². The van der Waals surface area contributed by atoms with Crippen molar-refractivity contribution in [2.45, 2.75) is 40.2 Å². The highest BCUT2D eigenvalue weighted by molar-refractivity contribution is 8.16. The Hall–Kier alpha value is -3.03. The van der Waals surface area contributed by atoms with Crippen LogP contribution in [-0.4, -0.2) is 40.4 Å². The summed E-state index contributed by atoms with van der Waals surface area (Å²) >= 11 is 7.65. The lowest BCUT2D eigenvalue weighted by molar-refractivity contribution is -0.129. The van der Waals surface area contributed by atoms with E-state index in [1.807, 2.05) is 80.5 Å². The number of hydrogen-bond donors (Lipinski definition) is 1. The van der Waals surface area contributed by atoms with E-state index >= 15 is 0 Å². The van der Waals surface area contributed by atoms with Gasteiger partial charge in [-0.25, -0.2) is 4.99 Å². The van der Waals surface area contributed by atoms with Gasteiger partial charge in [0.2, 0.25) is 5.91 Å². The second-order valence-electron chi connectivity index (χ2n) is 8.80. The molecule has 0 fully saturated rings. The standard InChI is InChI=1S/C27H29ClN4O2S/c1-6-31(5)23(33)14-21-15-35-27-29-18(4)24(25(32(21)27)19-8-10-20(28)11-9-19)26(34)30-22-12-7-16(2)13-17(22)3/h7-13,15,25H,6,14H2,1-5H3,(H,30,34)/t25-/m1/s1. The number of halogens is 1. The van der Waals surface area contributed by atoms with Crippen LogP contribution in [0.2, 0.25) is 5.02 Å². The highest BCUT2D eigenvalue weighted by Gasteiger charge is 2.40. The van der Waals surface area contributed by atoms with E-state index in [0.29, 0.717) is 22.8 Å². The number of aliphatic imine (C=N–C) groups is 1. The molecule has 0 spiro atoms. The van der Waals surface area contributed by atoms with E-state index in [-0.39, 0.29) is 18.2 Å². The van der Waals surface area contributed by atoms with Crippen LogP contribution in [0.25, 0.3) is 0 Å². The van der Waals surface area contributed by atoms with Crippen molar-refractivity contribution in [1.82, 2.24) is 9.80 Å². The quantitative estimate of drug-likeness (QED) is 0.516. The van der Waals surface area contributed by atoms with E-state index in [9.17, 15) is 9.59 Å². The van der Waals surface area contributed by atoms with Gasteiger partial charge in [-0.05, 0) is 62.4 Å². The maximum Gasteiger partial charge on any atom is 0.255 e. The van der Waals surface area contributed by atoms with Crippen molar-refractivity contribution in [2.75, 3.05) is 18.9 Å². The molecule has 0 aliphatic carbocycles. The summed E-state index contributed by atoms with van der Waals surface area (Å²) < 4.78 is 0. The van der Waals surface area contributed by atoms with Crippen LogP contribution in [0.4, 0.5) is 5.69 Å². The van der Waals surface area contributed by atoms with Gasteiger partial charge in [0.1, 0.15) is 0 Å². The third kappa shape index (κ3) is 5.16. The van der Waals surface area contributed by atoms with Gasteiger partial charge in [0.05, 0.1) is 23.7 Å². The number of hydrogen-bond acceptors (Lipinski definition) is 5. The zero-order valence-electron chi connectivity index (χ0n) is 20.6. The van der Waals surface area contributed by atoms with Gasteiger partial charge in [0, 0.05) is 30.0 Å². The normalized spacial score (nSPS) is 17.1. The third-order valence-corrected chi connectivity index (χ3v) is 7.43. The molecule has 2 heterocycles. The Morgan fingerprint density at radius 3 is 2.51 bits per heavy atom. The molecule has 6 nitrogen and oxygen atoms in total. The van der Waals surface area contributed by atoms with Crippen molar-refractivity contribution in [2.24, 2.45) is 4.99 Å². The summed E-state index contributed by atoms with van der Waals surface area (Å²) in [6.45, 7) is 8.44. The third-order valence-electron chi connectivity index (χ3n) is 6.29. The molecule has 0 radical (unpaired) electrons. The number of allylic oxidation sites excluding steroid dienone is 1. The van der Waals surface area contributed by atoms with Crippen LogP contribution in [0, 0.1) is 13.8 Å². The second-order valence-corrected chi connectivity index (χ2v) is 10.1. The second kappa shape index (κ2) is 10.3.